The average Bonchev–Trinajstić information content (AvgIpc) is 2.91. The molecule has 0 saturated carbocycles. The maximum atomic E-state index is 12.5. The minimum absolute atomic E-state index is 0.0124. The lowest BCUT2D eigenvalue weighted by molar-refractivity contribution is -0.121. The van der Waals surface area contributed by atoms with E-state index in [1.54, 1.807) is 18.5 Å². The molecule has 0 bridgehead atoms. The van der Waals surface area contributed by atoms with Gasteiger partial charge in [-0.2, -0.15) is 0 Å². The first kappa shape index (κ1) is 18.3. The van der Waals surface area contributed by atoms with Crippen molar-refractivity contribution in [1.29, 1.82) is 0 Å². The molecule has 1 aromatic rings. The summed E-state index contributed by atoms with van der Waals surface area (Å²) >= 11 is 0. The Kier molecular flexibility index (Phi) is 6.76. The Balaban J connectivity index is 1.50. The van der Waals surface area contributed by atoms with E-state index in [2.05, 4.69) is 25.1 Å². The second kappa shape index (κ2) is 9.25. The van der Waals surface area contributed by atoms with Gasteiger partial charge in [0.15, 0.2) is 0 Å². The predicted octanol–water partition coefficient (Wildman–Crippen LogP) is 2.39. The van der Waals surface area contributed by atoms with E-state index in [9.17, 15) is 4.79 Å². The van der Waals surface area contributed by atoms with E-state index in [1.807, 2.05) is 6.92 Å². The number of piperidine rings is 1. The van der Waals surface area contributed by atoms with Gasteiger partial charge in [-0.25, -0.2) is 9.97 Å². The highest BCUT2D eigenvalue weighted by Crippen LogP contribution is 2.21. The molecule has 0 spiro atoms. The normalized spacial score (nSPS) is 24.4. The molecule has 1 aromatic heterocycles. The lowest BCUT2D eigenvalue weighted by Gasteiger charge is -2.38. The molecule has 2 unspecified atom stereocenters. The van der Waals surface area contributed by atoms with Crippen molar-refractivity contribution in [2.75, 3.05) is 38.0 Å². The maximum Gasteiger partial charge on any atom is 0.243 e. The van der Waals surface area contributed by atoms with Crippen molar-refractivity contribution in [3.63, 3.8) is 0 Å². The third kappa shape index (κ3) is 5.47. The van der Waals surface area contributed by atoms with Crippen molar-refractivity contribution in [3.05, 3.63) is 18.5 Å². The molecule has 6 nitrogen and oxygen atoms in total. The second-order valence-electron chi connectivity index (χ2n) is 7.46. The molecular formula is C19H31N5O. The molecule has 2 saturated heterocycles. The van der Waals surface area contributed by atoms with E-state index < -0.39 is 0 Å². The van der Waals surface area contributed by atoms with Crippen LogP contribution in [-0.4, -0.2) is 64.4 Å². The standard InChI is InChI=1S/C19H31N5O/c1-16(18(25)22-19-20-9-7-10-21-19)24-13-6-8-17(15-24)14-23-11-4-2-3-5-12-23/h7,9-10,16-17H,2-6,8,11-15H2,1H3,(H,20,21,22,25). The van der Waals surface area contributed by atoms with E-state index >= 15 is 0 Å². The van der Waals surface area contributed by atoms with Crippen molar-refractivity contribution >= 4 is 11.9 Å². The van der Waals surface area contributed by atoms with Crippen LogP contribution in [-0.2, 0) is 4.79 Å². The third-order valence-electron chi connectivity index (χ3n) is 5.49. The Morgan fingerprint density at radius 3 is 2.60 bits per heavy atom. The Bertz CT molecular complexity index is 530. The summed E-state index contributed by atoms with van der Waals surface area (Å²) < 4.78 is 0. The van der Waals surface area contributed by atoms with E-state index in [4.69, 9.17) is 0 Å². The van der Waals surface area contributed by atoms with Gasteiger partial charge in [-0.3, -0.25) is 15.0 Å². The largest absolute Gasteiger partial charge is 0.303 e. The van der Waals surface area contributed by atoms with Crippen molar-refractivity contribution < 1.29 is 4.79 Å². The van der Waals surface area contributed by atoms with Crippen molar-refractivity contribution in [2.24, 2.45) is 5.92 Å². The number of hydrogen-bond acceptors (Lipinski definition) is 5. The molecule has 6 heteroatoms. The molecule has 25 heavy (non-hydrogen) atoms. The van der Waals surface area contributed by atoms with Gasteiger partial charge in [-0.05, 0) is 64.2 Å². The summed E-state index contributed by atoms with van der Waals surface area (Å²) in [7, 11) is 0. The number of aromatic nitrogens is 2. The van der Waals surface area contributed by atoms with E-state index in [0.29, 0.717) is 11.9 Å². The van der Waals surface area contributed by atoms with Crippen molar-refractivity contribution in [3.8, 4) is 0 Å². The first-order valence-corrected chi connectivity index (χ1v) is 9.76. The summed E-state index contributed by atoms with van der Waals surface area (Å²) in [5.41, 5.74) is 0. The highest BCUT2D eigenvalue weighted by molar-refractivity contribution is 5.93. The zero-order valence-electron chi connectivity index (χ0n) is 15.4. The van der Waals surface area contributed by atoms with Gasteiger partial charge in [0.2, 0.25) is 11.9 Å². The van der Waals surface area contributed by atoms with Crippen LogP contribution in [0.2, 0.25) is 0 Å². The Morgan fingerprint density at radius 2 is 1.88 bits per heavy atom. The minimum atomic E-state index is -0.143. The molecule has 2 atom stereocenters. The van der Waals surface area contributed by atoms with Gasteiger partial charge in [-0.1, -0.05) is 12.8 Å². The predicted molar refractivity (Wildman–Crippen MR) is 99.3 cm³/mol. The van der Waals surface area contributed by atoms with E-state index in [-0.39, 0.29) is 11.9 Å². The lowest BCUT2D eigenvalue weighted by atomic mass is 9.96. The van der Waals surface area contributed by atoms with Gasteiger partial charge in [-0.15, -0.1) is 0 Å². The molecule has 3 heterocycles. The first-order chi connectivity index (χ1) is 12.2. The van der Waals surface area contributed by atoms with Gasteiger partial charge >= 0.3 is 0 Å². The van der Waals surface area contributed by atoms with Gasteiger partial charge in [0.1, 0.15) is 0 Å². The molecular weight excluding hydrogens is 314 g/mol. The monoisotopic (exact) mass is 345 g/mol. The van der Waals surface area contributed by atoms with Crippen molar-refractivity contribution in [1.82, 2.24) is 19.8 Å². The van der Waals surface area contributed by atoms with Crippen LogP contribution in [0.4, 0.5) is 5.95 Å². The number of carbonyl (C=O) groups is 1. The van der Waals surface area contributed by atoms with Crippen LogP contribution in [0.5, 0.6) is 0 Å². The topological polar surface area (TPSA) is 61.4 Å². The molecule has 0 radical (unpaired) electrons. The molecule has 0 aromatic carbocycles. The molecule has 0 aliphatic carbocycles. The molecule has 1 N–H and O–H groups in total. The van der Waals surface area contributed by atoms with E-state index in [0.717, 1.165) is 13.1 Å². The van der Waals surface area contributed by atoms with Gasteiger partial charge in [0, 0.05) is 25.5 Å². The maximum absolute atomic E-state index is 12.5. The SMILES string of the molecule is CC(C(=O)Nc1ncccn1)N1CCCC(CN2CCCCCC2)C1. The van der Waals surface area contributed by atoms with Gasteiger partial charge < -0.3 is 4.90 Å². The van der Waals surface area contributed by atoms with Crippen LogP contribution < -0.4 is 5.32 Å². The quantitative estimate of drug-likeness (QED) is 0.888. The molecule has 1 amide bonds. The first-order valence-electron chi connectivity index (χ1n) is 9.76. The van der Waals surface area contributed by atoms with Gasteiger partial charge in [0.05, 0.1) is 6.04 Å². The molecule has 3 rings (SSSR count). The summed E-state index contributed by atoms with van der Waals surface area (Å²) in [6.07, 6.45) is 11.2. The summed E-state index contributed by atoms with van der Waals surface area (Å²) in [5.74, 6) is 1.05. The number of likely N-dealkylation sites (tertiary alicyclic amines) is 2. The zero-order valence-corrected chi connectivity index (χ0v) is 15.4. The number of anilines is 1. The Labute approximate surface area is 151 Å². The van der Waals surface area contributed by atoms with Crippen LogP contribution in [0.1, 0.15) is 45.4 Å². The Morgan fingerprint density at radius 1 is 1.16 bits per heavy atom. The van der Waals surface area contributed by atoms with Crippen LogP contribution in [0.25, 0.3) is 0 Å². The summed E-state index contributed by atoms with van der Waals surface area (Å²) in [6, 6.07) is 1.60. The number of nitrogens with one attached hydrogen (secondary N) is 1. The fourth-order valence-electron chi connectivity index (χ4n) is 4.03. The highest BCUT2D eigenvalue weighted by Gasteiger charge is 2.28. The number of rotatable bonds is 5. The zero-order chi connectivity index (χ0) is 17.5. The van der Waals surface area contributed by atoms with Crippen LogP contribution in [0.15, 0.2) is 18.5 Å². The van der Waals surface area contributed by atoms with Gasteiger partial charge in [0.25, 0.3) is 0 Å². The van der Waals surface area contributed by atoms with E-state index in [1.165, 1.54) is 58.2 Å². The lowest BCUT2D eigenvalue weighted by Crippen LogP contribution is -2.49. The number of hydrogen-bond donors (Lipinski definition) is 1. The summed E-state index contributed by atoms with van der Waals surface area (Å²) in [5, 5.41) is 2.83. The van der Waals surface area contributed by atoms with Crippen molar-refractivity contribution in [2.45, 2.75) is 51.5 Å². The minimum Gasteiger partial charge on any atom is -0.303 e. The third-order valence-corrected chi connectivity index (χ3v) is 5.49. The number of amides is 1. The number of carbonyl (C=O) groups excluding carboxylic acids is 1. The number of nitrogens with zero attached hydrogens (tertiary/aromatic N) is 4. The fraction of sp³-hybridized carbons (Fsp3) is 0.737. The average molecular weight is 345 g/mol. The fourth-order valence-corrected chi connectivity index (χ4v) is 4.03. The molecule has 2 aliphatic rings. The van der Waals surface area contributed by atoms with Crippen LogP contribution >= 0.6 is 0 Å². The highest BCUT2D eigenvalue weighted by atomic mass is 16.2. The summed E-state index contributed by atoms with van der Waals surface area (Å²) in [6.45, 7) is 7.69. The molecule has 138 valence electrons. The summed E-state index contributed by atoms with van der Waals surface area (Å²) in [4.78, 5) is 25.6. The smallest absolute Gasteiger partial charge is 0.243 e. The molecule has 2 fully saturated rings. The Hall–Kier alpha value is -1.53. The van der Waals surface area contributed by atoms with Crippen LogP contribution in [0.3, 0.4) is 0 Å². The van der Waals surface area contributed by atoms with Crippen LogP contribution in [0, 0.1) is 5.92 Å². The second-order valence-corrected chi connectivity index (χ2v) is 7.46. The molecule has 2 aliphatic heterocycles.